The van der Waals surface area contributed by atoms with Crippen LogP contribution in [0.5, 0.6) is 0 Å². The number of hydrogen-bond donors (Lipinski definition) is 1. The third-order valence-corrected chi connectivity index (χ3v) is 5.06. The summed E-state index contributed by atoms with van der Waals surface area (Å²) in [5, 5.41) is 10.2. The maximum Gasteiger partial charge on any atom is 0.490 e. The standard InChI is InChI=1S/C16H23N5O2S.C2HF3O2/c1-12-18-14(11-24-12)10-23-9-13-6-20-5-4-17-15(20)8-21(7-13)16(22)19(2)3;3-2(4,5)1(6)7/h4-5,11,13H,6-10H2,1-3H3;(H,6,7). The number of carbonyl (C=O) groups excluding carboxylic acids is 1. The number of fused-ring (bicyclic) bond motifs is 1. The number of aromatic nitrogens is 3. The Hall–Kier alpha value is -2.67. The van der Waals surface area contributed by atoms with Crippen molar-refractivity contribution in [1.82, 2.24) is 24.3 Å². The molecule has 3 rings (SSSR count). The van der Waals surface area contributed by atoms with Gasteiger partial charge in [0, 0.05) is 50.9 Å². The van der Waals surface area contributed by atoms with Crippen LogP contribution in [0.15, 0.2) is 17.8 Å². The molecular weight excluding hydrogens is 439 g/mol. The lowest BCUT2D eigenvalue weighted by Gasteiger charge is -2.26. The molecule has 9 nitrogen and oxygen atoms in total. The van der Waals surface area contributed by atoms with Crippen LogP contribution in [0.1, 0.15) is 16.5 Å². The van der Waals surface area contributed by atoms with Gasteiger partial charge >= 0.3 is 18.2 Å². The molecular formula is C18H24F3N5O4S. The Kier molecular flexibility index (Phi) is 8.39. The van der Waals surface area contributed by atoms with Gasteiger partial charge in [0.1, 0.15) is 5.82 Å². The van der Waals surface area contributed by atoms with Crippen molar-refractivity contribution in [1.29, 1.82) is 0 Å². The molecule has 0 radical (unpaired) electrons. The normalized spacial score (nSPS) is 16.1. The van der Waals surface area contributed by atoms with Gasteiger partial charge in [0.05, 0.1) is 30.5 Å². The van der Waals surface area contributed by atoms with Crippen LogP contribution in [0.25, 0.3) is 0 Å². The van der Waals surface area contributed by atoms with Gasteiger partial charge < -0.3 is 24.2 Å². The summed E-state index contributed by atoms with van der Waals surface area (Å²) in [6, 6.07) is 0.00609. The lowest BCUT2D eigenvalue weighted by molar-refractivity contribution is -0.192. The fourth-order valence-corrected chi connectivity index (χ4v) is 3.48. The Balaban J connectivity index is 0.000000423. The van der Waals surface area contributed by atoms with E-state index in [9.17, 15) is 18.0 Å². The van der Waals surface area contributed by atoms with Gasteiger partial charge in [-0.2, -0.15) is 13.2 Å². The van der Waals surface area contributed by atoms with Gasteiger partial charge in [0.15, 0.2) is 0 Å². The number of ether oxygens (including phenoxy) is 1. The van der Waals surface area contributed by atoms with Crippen LogP contribution in [0, 0.1) is 12.8 Å². The Labute approximate surface area is 181 Å². The van der Waals surface area contributed by atoms with Crippen molar-refractivity contribution < 1.29 is 32.6 Å². The molecule has 0 saturated heterocycles. The first kappa shape index (κ1) is 24.6. The van der Waals surface area contributed by atoms with Crippen molar-refractivity contribution in [3.63, 3.8) is 0 Å². The van der Waals surface area contributed by atoms with Crippen LogP contribution in [-0.2, 0) is 29.2 Å². The molecule has 31 heavy (non-hydrogen) atoms. The van der Waals surface area contributed by atoms with Crippen molar-refractivity contribution in [3.05, 3.63) is 34.3 Å². The van der Waals surface area contributed by atoms with E-state index in [0.29, 0.717) is 26.3 Å². The number of urea groups is 1. The minimum absolute atomic E-state index is 0.00609. The van der Waals surface area contributed by atoms with Gasteiger partial charge in [-0.05, 0) is 6.92 Å². The molecule has 2 amide bonds. The molecule has 0 fully saturated rings. The summed E-state index contributed by atoms with van der Waals surface area (Å²) in [6.45, 7) is 5.10. The van der Waals surface area contributed by atoms with Crippen molar-refractivity contribution in [2.24, 2.45) is 5.92 Å². The Morgan fingerprint density at radius 2 is 2.03 bits per heavy atom. The Morgan fingerprint density at radius 1 is 1.35 bits per heavy atom. The summed E-state index contributed by atoms with van der Waals surface area (Å²) in [5.74, 6) is -1.61. The molecule has 2 aromatic rings. The van der Waals surface area contributed by atoms with Gasteiger partial charge in [-0.1, -0.05) is 0 Å². The second-order valence-electron chi connectivity index (χ2n) is 7.10. The van der Waals surface area contributed by atoms with Crippen LogP contribution in [0.3, 0.4) is 0 Å². The van der Waals surface area contributed by atoms with Gasteiger partial charge in [-0.3, -0.25) is 0 Å². The number of halogens is 3. The Morgan fingerprint density at radius 3 is 2.58 bits per heavy atom. The van der Waals surface area contributed by atoms with Gasteiger partial charge in [-0.15, -0.1) is 11.3 Å². The number of rotatable bonds is 4. The summed E-state index contributed by atoms with van der Waals surface area (Å²) in [7, 11) is 3.55. The maximum atomic E-state index is 12.4. The summed E-state index contributed by atoms with van der Waals surface area (Å²) < 4.78 is 39.7. The molecule has 1 aliphatic rings. The van der Waals surface area contributed by atoms with Crippen molar-refractivity contribution in [3.8, 4) is 0 Å². The summed E-state index contributed by atoms with van der Waals surface area (Å²) in [4.78, 5) is 33.5. The number of thiazole rings is 1. The fraction of sp³-hybridized carbons (Fsp3) is 0.556. The van der Waals surface area contributed by atoms with Crippen LogP contribution < -0.4 is 0 Å². The van der Waals surface area contributed by atoms with Crippen LogP contribution in [0.2, 0.25) is 0 Å². The lowest BCUT2D eigenvalue weighted by atomic mass is 10.1. The number of nitrogens with zero attached hydrogens (tertiary/aromatic N) is 5. The summed E-state index contributed by atoms with van der Waals surface area (Å²) in [5.41, 5.74) is 0.968. The zero-order chi connectivity index (χ0) is 23.2. The highest BCUT2D eigenvalue weighted by Gasteiger charge is 2.38. The second kappa shape index (κ2) is 10.6. The highest BCUT2D eigenvalue weighted by Crippen LogP contribution is 2.18. The zero-order valence-corrected chi connectivity index (χ0v) is 18.1. The highest BCUT2D eigenvalue weighted by molar-refractivity contribution is 7.09. The molecule has 0 saturated carbocycles. The molecule has 13 heteroatoms. The molecule has 0 aliphatic carbocycles. The molecule has 2 aromatic heterocycles. The van der Waals surface area contributed by atoms with E-state index in [2.05, 4.69) is 14.5 Å². The number of carbonyl (C=O) groups is 2. The first-order chi connectivity index (χ1) is 14.5. The first-order valence-electron chi connectivity index (χ1n) is 9.22. The number of imidazole rings is 1. The van der Waals surface area contributed by atoms with Crippen LogP contribution in [-0.4, -0.2) is 74.9 Å². The van der Waals surface area contributed by atoms with Crippen molar-refractivity contribution in [2.75, 3.05) is 27.2 Å². The van der Waals surface area contributed by atoms with Gasteiger partial charge in [-0.25, -0.2) is 19.6 Å². The average Bonchev–Trinajstić information content (AvgIpc) is 3.24. The summed E-state index contributed by atoms with van der Waals surface area (Å²) in [6.07, 6.45) is -1.33. The van der Waals surface area contributed by atoms with Gasteiger partial charge in [0.25, 0.3) is 0 Å². The minimum atomic E-state index is -5.08. The van der Waals surface area contributed by atoms with E-state index in [1.54, 1.807) is 36.5 Å². The van der Waals surface area contributed by atoms with Crippen molar-refractivity contribution >= 4 is 23.3 Å². The molecule has 172 valence electrons. The molecule has 1 unspecified atom stereocenters. The van der Waals surface area contributed by atoms with E-state index in [0.717, 1.165) is 23.1 Å². The van der Waals surface area contributed by atoms with Crippen molar-refractivity contribution in [2.45, 2.75) is 32.8 Å². The molecule has 3 heterocycles. The number of aryl methyl sites for hydroxylation is 1. The highest BCUT2D eigenvalue weighted by atomic mass is 32.1. The first-order valence-corrected chi connectivity index (χ1v) is 10.1. The predicted octanol–water partition coefficient (Wildman–Crippen LogP) is 2.61. The number of carboxylic acids is 1. The smallest absolute Gasteiger partial charge is 0.475 e. The quantitative estimate of drug-likeness (QED) is 0.748. The molecule has 0 spiro atoms. The molecule has 1 atom stereocenters. The predicted molar refractivity (Wildman–Crippen MR) is 105 cm³/mol. The van der Waals surface area contributed by atoms with E-state index in [4.69, 9.17) is 14.6 Å². The van der Waals surface area contributed by atoms with E-state index in [1.165, 1.54) is 0 Å². The SMILES string of the molecule is Cc1nc(COCC2CN(C(=O)N(C)C)Cc3nccn3C2)cs1.O=C(O)C(F)(F)F. The van der Waals surface area contributed by atoms with E-state index in [1.807, 2.05) is 23.4 Å². The largest absolute Gasteiger partial charge is 0.490 e. The molecule has 1 aliphatic heterocycles. The number of hydrogen-bond acceptors (Lipinski definition) is 6. The number of alkyl halides is 3. The van der Waals surface area contributed by atoms with E-state index < -0.39 is 12.1 Å². The minimum Gasteiger partial charge on any atom is -0.475 e. The van der Waals surface area contributed by atoms with E-state index >= 15 is 0 Å². The van der Waals surface area contributed by atoms with Gasteiger partial charge in [0.2, 0.25) is 0 Å². The second-order valence-corrected chi connectivity index (χ2v) is 8.16. The summed E-state index contributed by atoms with van der Waals surface area (Å²) >= 11 is 1.63. The molecule has 0 bridgehead atoms. The van der Waals surface area contributed by atoms with Crippen LogP contribution >= 0.6 is 11.3 Å². The average molecular weight is 463 g/mol. The van der Waals surface area contributed by atoms with E-state index in [-0.39, 0.29) is 11.9 Å². The molecule has 0 aromatic carbocycles. The topological polar surface area (TPSA) is 101 Å². The fourth-order valence-electron chi connectivity index (χ4n) is 2.88. The third-order valence-electron chi connectivity index (χ3n) is 4.23. The van der Waals surface area contributed by atoms with Crippen LogP contribution in [0.4, 0.5) is 18.0 Å². The maximum absolute atomic E-state index is 12.4. The number of aliphatic carboxylic acids is 1. The third kappa shape index (κ3) is 7.51. The number of amides is 2. The zero-order valence-electron chi connectivity index (χ0n) is 17.3. The monoisotopic (exact) mass is 463 g/mol. The lowest BCUT2D eigenvalue weighted by Crippen LogP contribution is -2.41. The Bertz CT molecular complexity index is 884. The molecule has 1 N–H and O–H groups in total. The number of carboxylic acid groups (broad SMARTS) is 1.